The van der Waals surface area contributed by atoms with E-state index in [-0.39, 0.29) is 23.8 Å². The zero-order chi connectivity index (χ0) is 25.0. The van der Waals surface area contributed by atoms with Crippen LogP contribution in [-0.2, 0) is 10.9 Å². The molecule has 0 unspecified atom stereocenters. The second-order valence-corrected chi connectivity index (χ2v) is 8.87. The fourth-order valence-corrected chi connectivity index (χ4v) is 4.89. The summed E-state index contributed by atoms with van der Waals surface area (Å²) in [5, 5.41) is 3.63. The van der Waals surface area contributed by atoms with Crippen molar-refractivity contribution in [1.82, 2.24) is 15.3 Å². The molecule has 0 radical (unpaired) electrons. The number of nitrogens with zero attached hydrogens (tertiary/aromatic N) is 2. The van der Waals surface area contributed by atoms with Crippen molar-refractivity contribution in [2.24, 2.45) is 5.92 Å². The van der Waals surface area contributed by atoms with Crippen LogP contribution in [0.4, 0.5) is 13.2 Å². The van der Waals surface area contributed by atoms with Gasteiger partial charge in [0.1, 0.15) is 0 Å². The van der Waals surface area contributed by atoms with Crippen LogP contribution in [-0.4, -0.2) is 42.7 Å². The summed E-state index contributed by atoms with van der Waals surface area (Å²) in [5.74, 6) is 0.522. The number of rotatable bonds is 7. The number of carbonyl (C=O) groups excluding carboxylic acids is 1. The van der Waals surface area contributed by atoms with Gasteiger partial charge in [-0.05, 0) is 73.4 Å². The first kappa shape index (κ1) is 24.9. The van der Waals surface area contributed by atoms with Gasteiger partial charge in [0.05, 0.1) is 36.4 Å². The number of hydrogen-bond donors (Lipinski definition) is 1. The van der Waals surface area contributed by atoms with Crippen LogP contribution in [0, 0.1) is 5.92 Å². The van der Waals surface area contributed by atoms with Crippen molar-refractivity contribution in [2.75, 3.05) is 20.8 Å². The number of amides is 1. The number of methoxy groups -OCH3 is 2. The van der Waals surface area contributed by atoms with Crippen LogP contribution in [0.5, 0.6) is 5.88 Å². The smallest absolute Gasteiger partial charge is 0.416 e. The molecule has 0 saturated heterocycles. The van der Waals surface area contributed by atoms with Gasteiger partial charge in [-0.3, -0.25) is 9.78 Å². The summed E-state index contributed by atoms with van der Waals surface area (Å²) in [7, 11) is 3.11. The topological polar surface area (TPSA) is 73.3 Å². The highest BCUT2D eigenvalue weighted by molar-refractivity contribution is 5.94. The van der Waals surface area contributed by atoms with Crippen LogP contribution >= 0.6 is 0 Å². The van der Waals surface area contributed by atoms with Crippen LogP contribution in [0.1, 0.15) is 53.1 Å². The first-order valence-corrected chi connectivity index (χ1v) is 11.6. The first-order valence-electron chi connectivity index (χ1n) is 11.6. The van der Waals surface area contributed by atoms with Crippen LogP contribution in [0.3, 0.4) is 0 Å². The van der Waals surface area contributed by atoms with Crippen LogP contribution < -0.4 is 10.1 Å². The number of ether oxygens (including phenoxy) is 2. The summed E-state index contributed by atoms with van der Waals surface area (Å²) in [5.41, 5.74) is 1.24. The van der Waals surface area contributed by atoms with E-state index >= 15 is 0 Å². The largest absolute Gasteiger partial charge is 0.481 e. The Morgan fingerprint density at radius 1 is 1.09 bits per heavy atom. The summed E-state index contributed by atoms with van der Waals surface area (Å²) in [6.45, 7) is 0.373. The molecule has 1 aliphatic rings. The minimum atomic E-state index is -4.40. The Morgan fingerprint density at radius 3 is 2.49 bits per heavy atom. The molecule has 2 heterocycles. The lowest BCUT2D eigenvalue weighted by Gasteiger charge is -2.34. The van der Waals surface area contributed by atoms with Gasteiger partial charge in [-0.1, -0.05) is 0 Å². The van der Waals surface area contributed by atoms with Gasteiger partial charge in [0.2, 0.25) is 5.88 Å². The zero-order valence-electron chi connectivity index (χ0n) is 19.6. The lowest BCUT2D eigenvalue weighted by Crippen LogP contribution is -2.44. The number of fused-ring (bicyclic) bond motifs is 1. The van der Waals surface area contributed by atoms with Gasteiger partial charge in [0, 0.05) is 31.0 Å². The van der Waals surface area contributed by atoms with Crippen molar-refractivity contribution in [3.8, 4) is 5.88 Å². The summed E-state index contributed by atoms with van der Waals surface area (Å²) < 4.78 is 50.3. The van der Waals surface area contributed by atoms with E-state index in [0.29, 0.717) is 29.0 Å². The minimum Gasteiger partial charge on any atom is -0.481 e. The van der Waals surface area contributed by atoms with E-state index in [4.69, 9.17) is 9.47 Å². The van der Waals surface area contributed by atoms with Gasteiger partial charge in [-0.25, -0.2) is 4.98 Å². The average molecular weight is 488 g/mol. The van der Waals surface area contributed by atoms with Gasteiger partial charge in [0.15, 0.2) is 0 Å². The molecule has 1 amide bonds. The fourth-order valence-electron chi connectivity index (χ4n) is 4.89. The van der Waals surface area contributed by atoms with Crippen LogP contribution in [0.2, 0.25) is 0 Å². The molecule has 0 aliphatic heterocycles. The molecule has 1 aliphatic carbocycles. The molecule has 1 aromatic carbocycles. The Kier molecular flexibility index (Phi) is 7.54. The molecule has 4 rings (SSSR count). The lowest BCUT2D eigenvalue weighted by atomic mass is 9.75. The average Bonchev–Trinajstić information content (AvgIpc) is 2.87. The number of hydrogen-bond acceptors (Lipinski definition) is 5. The number of benzene rings is 1. The van der Waals surface area contributed by atoms with Gasteiger partial charge in [-0.2, -0.15) is 13.2 Å². The number of aromatic nitrogens is 2. The monoisotopic (exact) mass is 487 g/mol. The van der Waals surface area contributed by atoms with Crippen molar-refractivity contribution < 1.29 is 27.4 Å². The first-order chi connectivity index (χ1) is 16.8. The lowest BCUT2D eigenvalue weighted by molar-refractivity contribution is -0.137. The van der Waals surface area contributed by atoms with E-state index in [2.05, 4.69) is 15.3 Å². The highest BCUT2D eigenvalue weighted by Crippen LogP contribution is 2.40. The normalized spacial score (nSPS) is 19.3. The molecule has 6 nitrogen and oxygen atoms in total. The van der Waals surface area contributed by atoms with Gasteiger partial charge in [-0.15, -0.1) is 0 Å². The SMILES string of the molecule is COC[C@@H](NC(=O)c1ccc(OC)nc1)C1CCC(c2ccnc3ccc(C(F)(F)F)cc23)CC1. The maximum Gasteiger partial charge on any atom is 0.416 e. The van der Waals surface area contributed by atoms with Crippen molar-refractivity contribution >= 4 is 16.8 Å². The Hall–Kier alpha value is -3.20. The zero-order valence-corrected chi connectivity index (χ0v) is 19.6. The van der Waals surface area contributed by atoms with E-state index in [1.807, 2.05) is 6.07 Å². The third-order valence-corrected chi connectivity index (χ3v) is 6.75. The molecule has 186 valence electrons. The maximum atomic E-state index is 13.3. The van der Waals surface area contributed by atoms with E-state index in [1.54, 1.807) is 25.4 Å². The van der Waals surface area contributed by atoms with E-state index in [0.717, 1.165) is 37.3 Å². The highest BCUT2D eigenvalue weighted by atomic mass is 19.4. The number of pyridine rings is 2. The molecule has 0 spiro atoms. The molecule has 1 N–H and O–H groups in total. The molecular weight excluding hydrogens is 459 g/mol. The fraction of sp³-hybridized carbons (Fsp3) is 0.423. The van der Waals surface area contributed by atoms with Crippen molar-refractivity contribution in [3.63, 3.8) is 0 Å². The molecule has 1 saturated carbocycles. The molecule has 1 atom stereocenters. The van der Waals surface area contributed by atoms with Gasteiger partial charge in [0.25, 0.3) is 5.91 Å². The standard InChI is InChI=1S/C26H28F3N3O3/c1-34-15-23(32-25(33)18-7-10-24(35-2)31-14-18)17-5-3-16(4-6-17)20-11-12-30-22-9-8-19(13-21(20)22)26(27,28)29/h7-14,16-17,23H,3-6,15H2,1-2H3,(H,32,33)/t16?,17?,23-/m1/s1. The maximum absolute atomic E-state index is 13.3. The summed E-state index contributed by atoms with van der Waals surface area (Å²) in [6, 6.07) is 8.67. The van der Waals surface area contributed by atoms with Gasteiger partial charge < -0.3 is 14.8 Å². The quantitative estimate of drug-likeness (QED) is 0.485. The molecule has 2 aromatic heterocycles. The molecule has 9 heteroatoms. The molecule has 0 bridgehead atoms. The Labute approximate surface area is 201 Å². The second-order valence-electron chi connectivity index (χ2n) is 8.87. The third kappa shape index (κ3) is 5.73. The second kappa shape index (κ2) is 10.6. The van der Waals surface area contributed by atoms with Crippen molar-refractivity contribution in [1.29, 1.82) is 0 Å². The predicted octanol–water partition coefficient (Wildman–Crippen LogP) is 5.38. The Bertz CT molecular complexity index is 1160. The van der Waals surface area contributed by atoms with Crippen LogP contribution in [0.25, 0.3) is 10.9 Å². The molecule has 3 aromatic rings. The summed E-state index contributed by atoms with van der Waals surface area (Å²) in [6.07, 6.45) is 1.99. The van der Waals surface area contributed by atoms with E-state index in [1.165, 1.54) is 25.4 Å². The number of halogens is 3. The van der Waals surface area contributed by atoms with Crippen molar-refractivity contribution in [3.05, 3.63) is 65.5 Å². The number of carbonyl (C=O) groups is 1. The minimum absolute atomic E-state index is 0.130. The predicted molar refractivity (Wildman–Crippen MR) is 125 cm³/mol. The van der Waals surface area contributed by atoms with E-state index in [9.17, 15) is 18.0 Å². The molecule has 35 heavy (non-hydrogen) atoms. The highest BCUT2D eigenvalue weighted by Gasteiger charge is 2.33. The third-order valence-electron chi connectivity index (χ3n) is 6.75. The van der Waals surface area contributed by atoms with Crippen LogP contribution in [0.15, 0.2) is 48.8 Å². The summed E-state index contributed by atoms with van der Waals surface area (Å²) in [4.78, 5) is 21.1. The Morgan fingerprint density at radius 2 is 1.86 bits per heavy atom. The van der Waals surface area contributed by atoms with Crippen molar-refractivity contribution in [2.45, 2.75) is 43.8 Å². The Balaban J connectivity index is 1.46. The molecule has 1 fully saturated rings. The van der Waals surface area contributed by atoms with E-state index < -0.39 is 11.7 Å². The summed E-state index contributed by atoms with van der Waals surface area (Å²) >= 11 is 0. The van der Waals surface area contributed by atoms with Gasteiger partial charge >= 0.3 is 6.18 Å². The number of alkyl halides is 3. The molecular formula is C26H28F3N3O3. The number of nitrogens with one attached hydrogen (secondary N) is 1.